The van der Waals surface area contributed by atoms with Crippen molar-refractivity contribution in [1.82, 2.24) is 8.75 Å². The fourth-order valence-corrected chi connectivity index (χ4v) is 2.75. The Bertz CT molecular complexity index is 846. The number of hydrogen-bond donors (Lipinski definition) is 2. The maximum absolute atomic E-state index is 12.4. The molecule has 3 aromatic rings. The third-order valence-corrected chi connectivity index (χ3v) is 3.98. The molecule has 2 aromatic carbocycles. The number of fused-ring (bicyclic) bond motifs is 1. The van der Waals surface area contributed by atoms with Crippen LogP contribution in [0.25, 0.3) is 11.0 Å². The van der Waals surface area contributed by atoms with Gasteiger partial charge in [0.1, 0.15) is 11.0 Å². The van der Waals surface area contributed by atoms with Crippen LogP contribution in [0.1, 0.15) is 15.9 Å². The summed E-state index contributed by atoms with van der Waals surface area (Å²) in [5.41, 5.74) is 9.36. The van der Waals surface area contributed by atoms with Gasteiger partial charge in [0.05, 0.1) is 22.4 Å². The van der Waals surface area contributed by atoms with Crippen molar-refractivity contribution < 1.29 is 4.79 Å². The molecule has 0 atom stereocenters. The number of hydrogen-bond acceptors (Lipinski definition) is 5. The molecule has 0 saturated heterocycles. The highest BCUT2D eigenvalue weighted by atomic mass is 35.5. The van der Waals surface area contributed by atoms with Gasteiger partial charge in [-0.25, -0.2) is 0 Å². The Kier molecular flexibility index (Phi) is 3.48. The SMILES string of the molecule is Cc1ccc(N)cc1C(=O)Nc1c(Cl)ccc2nsnc12. The molecule has 1 aromatic heterocycles. The lowest BCUT2D eigenvalue weighted by molar-refractivity contribution is 0.102. The van der Waals surface area contributed by atoms with Crippen LogP contribution in [0.3, 0.4) is 0 Å². The molecule has 106 valence electrons. The Balaban J connectivity index is 2.02. The van der Waals surface area contributed by atoms with Crippen LogP contribution in [0.4, 0.5) is 11.4 Å². The maximum Gasteiger partial charge on any atom is 0.256 e. The lowest BCUT2D eigenvalue weighted by Gasteiger charge is -2.10. The Morgan fingerprint density at radius 3 is 2.90 bits per heavy atom. The van der Waals surface area contributed by atoms with Crippen molar-refractivity contribution >= 4 is 51.6 Å². The second kappa shape index (κ2) is 5.31. The van der Waals surface area contributed by atoms with Gasteiger partial charge in [0.2, 0.25) is 0 Å². The second-order valence-electron chi connectivity index (χ2n) is 4.58. The highest BCUT2D eigenvalue weighted by Crippen LogP contribution is 2.30. The van der Waals surface area contributed by atoms with Gasteiger partial charge in [-0.2, -0.15) is 8.75 Å². The summed E-state index contributed by atoms with van der Waals surface area (Å²) in [6.07, 6.45) is 0. The van der Waals surface area contributed by atoms with Gasteiger partial charge in [0.25, 0.3) is 5.91 Å². The van der Waals surface area contributed by atoms with Crippen LogP contribution in [0.15, 0.2) is 30.3 Å². The van der Waals surface area contributed by atoms with E-state index in [1.807, 2.05) is 6.92 Å². The van der Waals surface area contributed by atoms with Crippen LogP contribution < -0.4 is 11.1 Å². The van der Waals surface area contributed by atoms with Crippen LogP contribution in [0.5, 0.6) is 0 Å². The van der Waals surface area contributed by atoms with Crippen LogP contribution in [-0.2, 0) is 0 Å². The zero-order chi connectivity index (χ0) is 15.0. The number of rotatable bonds is 2. The van der Waals surface area contributed by atoms with E-state index in [2.05, 4.69) is 14.1 Å². The molecule has 21 heavy (non-hydrogen) atoms. The number of nitrogen functional groups attached to an aromatic ring is 1. The maximum atomic E-state index is 12.4. The van der Waals surface area contributed by atoms with E-state index in [1.165, 1.54) is 0 Å². The molecule has 0 fully saturated rings. The first kappa shape index (κ1) is 13.8. The lowest BCUT2D eigenvalue weighted by Crippen LogP contribution is -2.14. The molecule has 0 saturated carbocycles. The minimum absolute atomic E-state index is 0.276. The van der Waals surface area contributed by atoms with E-state index in [0.29, 0.717) is 33.0 Å². The number of nitrogens with two attached hydrogens (primary N) is 1. The first-order valence-electron chi connectivity index (χ1n) is 6.14. The number of halogens is 1. The predicted molar refractivity (Wildman–Crippen MR) is 86.0 cm³/mol. The molecule has 0 aliphatic heterocycles. The fourth-order valence-electron chi connectivity index (χ4n) is 2.01. The summed E-state index contributed by atoms with van der Waals surface area (Å²) in [4.78, 5) is 12.4. The van der Waals surface area contributed by atoms with Crippen LogP contribution in [0, 0.1) is 6.92 Å². The Morgan fingerprint density at radius 1 is 1.29 bits per heavy atom. The van der Waals surface area contributed by atoms with Crippen LogP contribution in [-0.4, -0.2) is 14.7 Å². The fraction of sp³-hybridized carbons (Fsp3) is 0.0714. The second-order valence-corrected chi connectivity index (χ2v) is 5.52. The monoisotopic (exact) mass is 318 g/mol. The number of aromatic nitrogens is 2. The van der Waals surface area contributed by atoms with Gasteiger partial charge < -0.3 is 11.1 Å². The van der Waals surface area contributed by atoms with Crippen molar-refractivity contribution in [3.63, 3.8) is 0 Å². The molecular formula is C14H11ClN4OS. The molecule has 7 heteroatoms. The molecule has 0 unspecified atom stereocenters. The Labute approximate surface area is 130 Å². The normalized spacial score (nSPS) is 10.8. The van der Waals surface area contributed by atoms with Crippen LogP contribution >= 0.6 is 23.3 Å². The summed E-state index contributed by atoms with van der Waals surface area (Å²) in [7, 11) is 0. The summed E-state index contributed by atoms with van der Waals surface area (Å²) < 4.78 is 8.31. The van der Waals surface area contributed by atoms with E-state index >= 15 is 0 Å². The number of anilines is 2. The molecule has 3 rings (SSSR count). The third kappa shape index (κ3) is 2.55. The molecule has 0 spiro atoms. The van der Waals surface area contributed by atoms with Gasteiger partial charge in [0.15, 0.2) is 0 Å². The largest absolute Gasteiger partial charge is 0.399 e. The van der Waals surface area contributed by atoms with E-state index < -0.39 is 0 Å². The summed E-state index contributed by atoms with van der Waals surface area (Å²) in [6, 6.07) is 8.65. The third-order valence-electron chi connectivity index (χ3n) is 3.12. The van der Waals surface area contributed by atoms with Gasteiger partial charge in [0, 0.05) is 11.3 Å². The standard InChI is InChI=1S/C14H11ClN4OS/c1-7-2-3-8(16)6-9(7)14(20)17-12-10(15)4-5-11-13(12)19-21-18-11/h2-6H,16H2,1H3,(H,17,20). The van der Waals surface area contributed by atoms with Crippen molar-refractivity contribution in [2.24, 2.45) is 0 Å². The molecule has 1 amide bonds. The number of nitrogens with zero attached hydrogens (tertiary/aromatic N) is 2. The molecular weight excluding hydrogens is 308 g/mol. The average molecular weight is 319 g/mol. The summed E-state index contributed by atoms with van der Waals surface area (Å²) in [5, 5.41) is 3.22. The highest BCUT2D eigenvalue weighted by molar-refractivity contribution is 7.00. The number of carbonyl (C=O) groups excluding carboxylic acids is 1. The number of nitrogens with one attached hydrogen (secondary N) is 1. The van der Waals surface area contributed by atoms with Gasteiger partial charge >= 0.3 is 0 Å². The topological polar surface area (TPSA) is 80.9 Å². The van der Waals surface area contributed by atoms with Gasteiger partial charge in [-0.3, -0.25) is 4.79 Å². The summed E-state index contributed by atoms with van der Waals surface area (Å²) in [6.45, 7) is 1.85. The van der Waals surface area contributed by atoms with E-state index in [0.717, 1.165) is 17.3 Å². The number of aryl methyl sites for hydroxylation is 1. The van der Waals surface area contributed by atoms with E-state index in [4.69, 9.17) is 17.3 Å². The van der Waals surface area contributed by atoms with Crippen molar-refractivity contribution in [3.05, 3.63) is 46.5 Å². The Hall–Kier alpha value is -2.18. The quantitative estimate of drug-likeness (QED) is 0.709. The number of carbonyl (C=O) groups is 1. The first-order chi connectivity index (χ1) is 10.1. The zero-order valence-electron chi connectivity index (χ0n) is 11.1. The van der Waals surface area contributed by atoms with E-state index in [-0.39, 0.29) is 5.91 Å². The molecule has 3 N–H and O–H groups in total. The Morgan fingerprint density at radius 2 is 2.10 bits per heavy atom. The van der Waals surface area contributed by atoms with Crippen molar-refractivity contribution in [2.75, 3.05) is 11.1 Å². The average Bonchev–Trinajstić information content (AvgIpc) is 2.93. The number of benzene rings is 2. The molecule has 0 aliphatic carbocycles. The van der Waals surface area contributed by atoms with E-state index in [9.17, 15) is 4.79 Å². The summed E-state index contributed by atoms with van der Waals surface area (Å²) in [5.74, 6) is -0.276. The van der Waals surface area contributed by atoms with Crippen molar-refractivity contribution in [1.29, 1.82) is 0 Å². The first-order valence-corrected chi connectivity index (χ1v) is 7.25. The van der Waals surface area contributed by atoms with Crippen molar-refractivity contribution in [3.8, 4) is 0 Å². The highest BCUT2D eigenvalue weighted by Gasteiger charge is 2.15. The van der Waals surface area contributed by atoms with Gasteiger partial charge in [-0.15, -0.1) is 0 Å². The molecule has 0 radical (unpaired) electrons. The molecule has 1 heterocycles. The predicted octanol–water partition coefficient (Wildman–Crippen LogP) is 3.49. The van der Waals surface area contributed by atoms with Crippen molar-refractivity contribution in [2.45, 2.75) is 6.92 Å². The minimum Gasteiger partial charge on any atom is -0.399 e. The lowest BCUT2D eigenvalue weighted by atomic mass is 10.1. The molecule has 0 aliphatic rings. The minimum atomic E-state index is -0.276. The van der Waals surface area contributed by atoms with Crippen LogP contribution in [0.2, 0.25) is 5.02 Å². The molecule has 5 nitrogen and oxygen atoms in total. The van der Waals surface area contributed by atoms with Gasteiger partial charge in [-0.05, 0) is 36.8 Å². The zero-order valence-corrected chi connectivity index (χ0v) is 12.6. The summed E-state index contributed by atoms with van der Waals surface area (Å²) >= 11 is 7.23. The van der Waals surface area contributed by atoms with Gasteiger partial charge in [-0.1, -0.05) is 17.7 Å². The number of amides is 1. The van der Waals surface area contributed by atoms with E-state index in [1.54, 1.807) is 30.3 Å². The smallest absolute Gasteiger partial charge is 0.256 e. The molecule has 0 bridgehead atoms.